The van der Waals surface area contributed by atoms with Crippen LogP contribution in [0.4, 0.5) is 13.2 Å². The highest BCUT2D eigenvalue weighted by atomic mass is 19.4. The zero-order valence-corrected chi connectivity index (χ0v) is 22.1. The van der Waals surface area contributed by atoms with E-state index in [1.807, 2.05) is 0 Å². The maximum absolute atomic E-state index is 13.6. The molecule has 3 saturated carbocycles. The summed E-state index contributed by atoms with van der Waals surface area (Å²) >= 11 is 0. The average Bonchev–Trinajstić information content (AvgIpc) is 3.08. The van der Waals surface area contributed by atoms with Crippen molar-refractivity contribution < 1.29 is 23.4 Å². The number of rotatable bonds is 4. The van der Waals surface area contributed by atoms with Crippen molar-refractivity contribution in [1.29, 1.82) is 0 Å². The maximum Gasteiger partial charge on any atom is 0.417 e. The lowest BCUT2D eigenvalue weighted by atomic mass is 9.46. The Kier molecular flexibility index (Phi) is 6.63. The number of allylic oxidation sites excluding steroid dienone is 1. The molecule has 4 aliphatic carbocycles. The highest BCUT2D eigenvalue weighted by molar-refractivity contribution is 5.28. The predicted molar refractivity (Wildman–Crippen MR) is 130 cm³/mol. The molecule has 3 fully saturated rings. The van der Waals surface area contributed by atoms with Crippen LogP contribution in [0.25, 0.3) is 0 Å². The summed E-state index contributed by atoms with van der Waals surface area (Å²) in [5, 5.41) is 21.0. The third-order valence-corrected chi connectivity index (χ3v) is 11.3. The van der Waals surface area contributed by atoms with Crippen molar-refractivity contribution in [2.24, 2.45) is 45.8 Å². The summed E-state index contributed by atoms with van der Waals surface area (Å²) in [5.41, 5.74) is -1.69. The monoisotopic (exact) mass is 484 g/mol. The van der Waals surface area contributed by atoms with Gasteiger partial charge in [0.15, 0.2) is 5.60 Å². The largest absolute Gasteiger partial charge is 0.417 e. The maximum atomic E-state index is 13.6. The highest BCUT2D eigenvalue weighted by Crippen LogP contribution is 2.68. The Morgan fingerprint density at radius 3 is 2.29 bits per heavy atom. The molecule has 0 radical (unpaired) electrons. The third kappa shape index (κ3) is 4.19. The second-order valence-corrected chi connectivity index (χ2v) is 14.1. The van der Waals surface area contributed by atoms with E-state index in [1.165, 1.54) is 12.8 Å². The van der Waals surface area contributed by atoms with Crippen molar-refractivity contribution in [3.8, 4) is 0 Å². The van der Waals surface area contributed by atoms with Gasteiger partial charge >= 0.3 is 6.18 Å². The lowest BCUT2D eigenvalue weighted by Gasteiger charge is -2.59. The molecule has 0 aliphatic heterocycles. The van der Waals surface area contributed by atoms with Gasteiger partial charge in [0.2, 0.25) is 0 Å². The zero-order chi connectivity index (χ0) is 25.3. The average molecular weight is 485 g/mol. The SMILES string of the molecule is C[C@H](CC[C@@H](O)C(C)(C)C)[C@H]1CC[C@H]2[C@@H]3CC=C4C[C@](O)(C(F)(F)F)CC[C@]4(C)[C@H]3CC[C@]12C. The first-order chi connectivity index (χ1) is 15.5. The number of aliphatic hydroxyl groups excluding tert-OH is 1. The van der Waals surface area contributed by atoms with Crippen molar-refractivity contribution in [2.45, 2.75) is 124 Å². The van der Waals surface area contributed by atoms with E-state index in [2.05, 4.69) is 47.6 Å². The molecular formula is C29H47F3O2. The number of halogens is 3. The summed E-state index contributed by atoms with van der Waals surface area (Å²) in [6.45, 7) is 13.4. The van der Waals surface area contributed by atoms with Crippen molar-refractivity contribution in [3.63, 3.8) is 0 Å². The molecular weight excluding hydrogens is 437 g/mol. The first-order valence-corrected chi connectivity index (χ1v) is 13.7. The molecule has 5 heteroatoms. The van der Waals surface area contributed by atoms with E-state index in [9.17, 15) is 23.4 Å². The number of alkyl halides is 3. The van der Waals surface area contributed by atoms with Crippen molar-refractivity contribution in [2.75, 3.05) is 0 Å². The zero-order valence-electron chi connectivity index (χ0n) is 22.1. The molecule has 4 rings (SSSR count). The van der Waals surface area contributed by atoms with Gasteiger partial charge in [-0.15, -0.1) is 0 Å². The summed E-state index contributed by atoms with van der Waals surface area (Å²) in [6.07, 6.45) is 4.74. The lowest BCUT2D eigenvalue weighted by molar-refractivity contribution is -0.271. The minimum Gasteiger partial charge on any atom is -0.393 e. The summed E-state index contributed by atoms with van der Waals surface area (Å²) < 4.78 is 40.7. The number of hydrogen-bond acceptors (Lipinski definition) is 2. The van der Waals surface area contributed by atoms with Gasteiger partial charge in [0.1, 0.15) is 0 Å². The van der Waals surface area contributed by atoms with Gasteiger partial charge < -0.3 is 10.2 Å². The smallest absolute Gasteiger partial charge is 0.393 e. The molecule has 9 atom stereocenters. The van der Waals surface area contributed by atoms with Crippen LogP contribution >= 0.6 is 0 Å². The topological polar surface area (TPSA) is 40.5 Å². The van der Waals surface area contributed by atoms with E-state index in [4.69, 9.17) is 0 Å². The van der Waals surface area contributed by atoms with Crippen LogP contribution in [0.3, 0.4) is 0 Å². The minimum absolute atomic E-state index is 0.0836. The summed E-state index contributed by atoms with van der Waals surface area (Å²) in [4.78, 5) is 0. The summed E-state index contributed by atoms with van der Waals surface area (Å²) in [6, 6.07) is 0. The molecule has 0 unspecified atom stereocenters. The number of hydrogen-bond donors (Lipinski definition) is 2. The fourth-order valence-electron chi connectivity index (χ4n) is 8.92. The molecule has 0 aromatic carbocycles. The molecule has 4 aliphatic rings. The van der Waals surface area contributed by atoms with Crippen LogP contribution in [0.1, 0.15) is 106 Å². The van der Waals surface area contributed by atoms with Crippen LogP contribution in [-0.4, -0.2) is 28.1 Å². The molecule has 2 N–H and O–H groups in total. The van der Waals surface area contributed by atoms with E-state index < -0.39 is 11.8 Å². The molecule has 0 bridgehead atoms. The van der Waals surface area contributed by atoms with Gasteiger partial charge in [0, 0.05) is 6.42 Å². The molecule has 0 spiro atoms. The van der Waals surface area contributed by atoms with Gasteiger partial charge in [-0.3, -0.25) is 0 Å². The first kappa shape index (κ1) is 26.5. The van der Waals surface area contributed by atoms with Crippen LogP contribution in [0, 0.1) is 45.8 Å². The Bertz CT molecular complexity index is 798. The predicted octanol–water partition coefficient (Wildman–Crippen LogP) is 7.68. The fourth-order valence-corrected chi connectivity index (χ4v) is 8.92. The van der Waals surface area contributed by atoms with Crippen LogP contribution in [-0.2, 0) is 0 Å². The lowest BCUT2D eigenvalue weighted by Crippen LogP contribution is -2.55. The first-order valence-electron chi connectivity index (χ1n) is 13.7. The second kappa shape index (κ2) is 8.50. The minimum atomic E-state index is -4.56. The third-order valence-electron chi connectivity index (χ3n) is 11.3. The molecule has 0 aromatic rings. The second-order valence-electron chi connectivity index (χ2n) is 14.1. The molecule has 34 heavy (non-hydrogen) atoms. The Morgan fingerprint density at radius 2 is 1.68 bits per heavy atom. The van der Waals surface area contributed by atoms with Crippen LogP contribution in [0.2, 0.25) is 0 Å². The Balaban J connectivity index is 1.49. The van der Waals surface area contributed by atoms with E-state index >= 15 is 0 Å². The van der Waals surface area contributed by atoms with E-state index in [0.717, 1.165) is 37.7 Å². The van der Waals surface area contributed by atoms with Gasteiger partial charge in [0.25, 0.3) is 0 Å². The van der Waals surface area contributed by atoms with Crippen molar-refractivity contribution in [3.05, 3.63) is 11.6 Å². The van der Waals surface area contributed by atoms with Gasteiger partial charge in [-0.25, -0.2) is 0 Å². The molecule has 2 nitrogen and oxygen atoms in total. The van der Waals surface area contributed by atoms with Gasteiger partial charge in [-0.1, -0.05) is 53.2 Å². The Labute approximate surface area is 204 Å². The molecule has 0 amide bonds. The highest BCUT2D eigenvalue weighted by Gasteiger charge is 2.63. The van der Waals surface area contributed by atoms with Crippen LogP contribution in [0.15, 0.2) is 11.6 Å². The summed E-state index contributed by atoms with van der Waals surface area (Å²) in [7, 11) is 0. The van der Waals surface area contributed by atoms with E-state index in [-0.39, 0.29) is 35.2 Å². The van der Waals surface area contributed by atoms with E-state index in [0.29, 0.717) is 36.0 Å². The van der Waals surface area contributed by atoms with Crippen LogP contribution in [0.5, 0.6) is 0 Å². The van der Waals surface area contributed by atoms with Gasteiger partial charge in [-0.05, 0) is 104 Å². The Hall–Kier alpha value is -0.550. The van der Waals surface area contributed by atoms with Gasteiger partial charge in [0.05, 0.1) is 6.10 Å². The van der Waals surface area contributed by atoms with E-state index in [1.54, 1.807) is 0 Å². The van der Waals surface area contributed by atoms with Gasteiger partial charge in [-0.2, -0.15) is 13.2 Å². The normalized spacial score (nSPS) is 44.5. The number of aliphatic hydroxyl groups is 2. The fraction of sp³-hybridized carbons (Fsp3) is 0.931. The van der Waals surface area contributed by atoms with Crippen molar-refractivity contribution >= 4 is 0 Å². The number of fused-ring (bicyclic) bond motifs is 5. The molecule has 0 heterocycles. The van der Waals surface area contributed by atoms with Crippen molar-refractivity contribution in [1.82, 2.24) is 0 Å². The quantitative estimate of drug-likeness (QED) is 0.402. The summed E-state index contributed by atoms with van der Waals surface area (Å²) in [5.74, 6) is 2.84. The Morgan fingerprint density at radius 1 is 1.00 bits per heavy atom. The molecule has 0 aromatic heterocycles. The molecule has 196 valence electrons. The molecule has 0 saturated heterocycles. The standard InChI is InChI=1S/C29H47F3O2/c1-18(7-12-24(33)25(2,3)4)21-10-11-22-20-9-8-19-17-28(34,29(30,31)32)16-15-26(19,5)23(20)13-14-27(21,22)6/h8,18,20-24,33-34H,7,9-17H2,1-6H3/t18-,20+,21-,22+,23+,24-,26+,27-,28+/m1/s1. The van der Waals surface area contributed by atoms with Crippen LogP contribution < -0.4 is 0 Å².